The van der Waals surface area contributed by atoms with E-state index in [9.17, 15) is 19.7 Å². The highest BCUT2D eigenvalue weighted by Gasteiger charge is 2.23. The number of benzene rings is 1. The smallest absolute Gasteiger partial charge is 0.293 e. The molecule has 0 aliphatic carbocycles. The fourth-order valence-electron chi connectivity index (χ4n) is 2.40. The Labute approximate surface area is 139 Å². The summed E-state index contributed by atoms with van der Waals surface area (Å²) in [6.45, 7) is 4.19. The van der Waals surface area contributed by atoms with Crippen LogP contribution in [0.3, 0.4) is 0 Å². The molecule has 1 aliphatic heterocycles. The van der Waals surface area contributed by atoms with E-state index in [1.807, 2.05) is 4.90 Å². The summed E-state index contributed by atoms with van der Waals surface area (Å²) >= 11 is 0. The topological polar surface area (TPSA) is 114 Å². The quantitative estimate of drug-likeness (QED) is 0.570. The molecule has 0 unspecified atom stereocenters. The Morgan fingerprint density at radius 2 is 2.00 bits per heavy atom. The molecule has 1 saturated heterocycles. The summed E-state index contributed by atoms with van der Waals surface area (Å²) in [6.07, 6.45) is 0. The Bertz CT molecular complexity index is 628. The molecule has 1 heterocycles. The Morgan fingerprint density at radius 1 is 1.29 bits per heavy atom. The Morgan fingerprint density at radius 3 is 2.62 bits per heavy atom. The lowest BCUT2D eigenvalue weighted by molar-refractivity contribution is -0.384. The van der Waals surface area contributed by atoms with E-state index < -0.39 is 10.8 Å². The van der Waals surface area contributed by atoms with Crippen LogP contribution in [-0.4, -0.2) is 56.1 Å². The summed E-state index contributed by atoms with van der Waals surface area (Å²) in [5.74, 6) is -0.844. The molecule has 1 aromatic carbocycles. The summed E-state index contributed by atoms with van der Waals surface area (Å²) < 4.78 is 5.24. The summed E-state index contributed by atoms with van der Waals surface area (Å²) in [4.78, 5) is 36.1. The van der Waals surface area contributed by atoms with Crippen LogP contribution in [0.1, 0.15) is 17.3 Å². The molecule has 0 bridgehead atoms. The second kappa shape index (κ2) is 8.25. The highest BCUT2D eigenvalue weighted by atomic mass is 16.6. The average Bonchev–Trinajstić information content (AvgIpc) is 2.60. The molecule has 130 valence electrons. The van der Waals surface area contributed by atoms with Crippen molar-refractivity contribution < 1.29 is 19.2 Å². The van der Waals surface area contributed by atoms with Crippen LogP contribution >= 0.6 is 0 Å². The van der Waals surface area contributed by atoms with Gasteiger partial charge in [-0.05, 0) is 19.1 Å². The molecule has 2 N–H and O–H groups in total. The predicted molar refractivity (Wildman–Crippen MR) is 87.1 cm³/mol. The zero-order valence-electron chi connectivity index (χ0n) is 13.4. The van der Waals surface area contributed by atoms with Gasteiger partial charge >= 0.3 is 0 Å². The number of hydrogen-bond acceptors (Lipinski definition) is 6. The Kier molecular flexibility index (Phi) is 6.07. The van der Waals surface area contributed by atoms with Crippen molar-refractivity contribution in [3.63, 3.8) is 0 Å². The third kappa shape index (κ3) is 4.42. The number of carbonyl (C=O) groups excluding carboxylic acids is 2. The van der Waals surface area contributed by atoms with Gasteiger partial charge in [0.1, 0.15) is 5.69 Å². The monoisotopic (exact) mass is 336 g/mol. The van der Waals surface area contributed by atoms with E-state index in [-0.39, 0.29) is 23.7 Å². The number of anilines is 1. The number of ether oxygens (including phenoxy) is 1. The van der Waals surface area contributed by atoms with Crippen LogP contribution in [0.4, 0.5) is 11.4 Å². The van der Waals surface area contributed by atoms with Crippen molar-refractivity contribution in [3.8, 4) is 0 Å². The molecule has 0 saturated carbocycles. The van der Waals surface area contributed by atoms with Gasteiger partial charge in [-0.1, -0.05) is 0 Å². The largest absolute Gasteiger partial charge is 0.378 e. The SMILES string of the molecule is CCNC(=O)CNC(=O)c1ccc(N2CCOCC2)c([N+](=O)[O-])c1. The van der Waals surface area contributed by atoms with Gasteiger partial charge in [0.15, 0.2) is 0 Å². The number of carbonyl (C=O) groups is 2. The summed E-state index contributed by atoms with van der Waals surface area (Å²) in [5, 5.41) is 16.3. The van der Waals surface area contributed by atoms with E-state index in [4.69, 9.17) is 4.74 Å². The lowest BCUT2D eigenvalue weighted by Crippen LogP contribution is -2.37. The zero-order chi connectivity index (χ0) is 17.5. The molecule has 1 aliphatic rings. The maximum absolute atomic E-state index is 12.1. The number of nitrogens with one attached hydrogen (secondary N) is 2. The maximum atomic E-state index is 12.1. The van der Waals surface area contributed by atoms with Crippen molar-refractivity contribution in [1.82, 2.24) is 10.6 Å². The van der Waals surface area contributed by atoms with Gasteiger partial charge in [0, 0.05) is 31.3 Å². The molecule has 9 heteroatoms. The number of hydrogen-bond donors (Lipinski definition) is 2. The second-order valence-corrected chi connectivity index (χ2v) is 5.20. The van der Waals surface area contributed by atoms with Gasteiger partial charge in [0.25, 0.3) is 11.6 Å². The van der Waals surface area contributed by atoms with E-state index in [0.29, 0.717) is 38.5 Å². The number of nitro groups is 1. The summed E-state index contributed by atoms with van der Waals surface area (Å²) in [6, 6.07) is 4.31. The molecule has 0 radical (unpaired) electrons. The minimum atomic E-state index is -0.530. The zero-order valence-corrected chi connectivity index (χ0v) is 13.4. The minimum Gasteiger partial charge on any atom is -0.378 e. The first-order chi connectivity index (χ1) is 11.5. The highest BCUT2D eigenvalue weighted by molar-refractivity contribution is 5.97. The average molecular weight is 336 g/mol. The van der Waals surface area contributed by atoms with Crippen LogP contribution in [0.25, 0.3) is 0 Å². The van der Waals surface area contributed by atoms with Gasteiger partial charge in [-0.2, -0.15) is 0 Å². The first kappa shape index (κ1) is 17.7. The van der Waals surface area contributed by atoms with Crippen molar-refractivity contribution in [2.75, 3.05) is 44.3 Å². The number of nitro benzene ring substituents is 1. The molecular formula is C15H20N4O5. The third-order valence-electron chi connectivity index (χ3n) is 3.57. The normalized spacial score (nSPS) is 14.1. The van der Waals surface area contributed by atoms with Gasteiger partial charge in [-0.3, -0.25) is 19.7 Å². The second-order valence-electron chi connectivity index (χ2n) is 5.20. The standard InChI is InChI=1S/C15H20N4O5/c1-2-16-14(20)10-17-15(21)11-3-4-12(13(9-11)19(22)23)18-5-7-24-8-6-18/h3-4,9H,2,5-8,10H2,1H3,(H,16,20)(H,17,21). The molecule has 2 amide bonds. The molecule has 24 heavy (non-hydrogen) atoms. The lowest BCUT2D eigenvalue weighted by atomic mass is 10.1. The Balaban J connectivity index is 2.14. The first-order valence-electron chi connectivity index (χ1n) is 7.69. The van der Waals surface area contributed by atoms with E-state index in [0.717, 1.165) is 0 Å². The number of amides is 2. The van der Waals surface area contributed by atoms with Crippen molar-refractivity contribution >= 4 is 23.2 Å². The van der Waals surface area contributed by atoms with Crippen molar-refractivity contribution in [2.45, 2.75) is 6.92 Å². The molecular weight excluding hydrogens is 316 g/mol. The van der Waals surface area contributed by atoms with Gasteiger partial charge in [-0.15, -0.1) is 0 Å². The fraction of sp³-hybridized carbons (Fsp3) is 0.467. The number of rotatable bonds is 6. The van der Waals surface area contributed by atoms with Crippen LogP contribution < -0.4 is 15.5 Å². The molecule has 0 aromatic heterocycles. The van der Waals surface area contributed by atoms with Gasteiger partial charge in [-0.25, -0.2) is 0 Å². The molecule has 1 aromatic rings. The van der Waals surface area contributed by atoms with Gasteiger partial charge in [0.05, 0.1) is 24.7 Å². The van der Waals surface area contributed by atoms with Crippen molar-refractivity contribution in [3.05, 3.63) is 33.9 Å². The van der Waals surface area contributed by atoms with Gasteiger partial charge in [0.2, 0.25) is 5.91 Å². The summed E-state index contributed by atoms with van der Waals surface area (Å²) in [7, 11) is 0. The van der Waals surface area contributed by atoms with E-state index >= 15 is 0 Å². The van der Waals surface area contributed by atoms with Crippen LogP contribution in [0.5, 0.6) is 0 Å². The van der Waals surface area contributed by atoms with E-state index in [1.54, 1.807) is 13.0 Å². The number of morpholine rings is 1. The van der Waals surface area contributed by atoms with Gasteiger partial charge < -0.3 is 20.3 Å². The van der Waals surface area contributed by atoms with Crippen molar-refractivity contribution in [1.29, 1.82) is 0 Å². The van der Waals surface area contributed by atoms with Crippen LogP contribution in [0.2, 0.25) is 0 Å². The molecule has 2 rings (SSSR count). The maximum Gasteiger partial charge on any atom is 0.293 e. The van der Waals surface area contributed by atoms with Crippen molar-refractivity contribution in [2.24, 2.45) is 0 Å². The number of nitrogens with zero attached hydrogens (tertiary/aromatic N) is 2. The third-order valence-corrected chi connectivity index (χ3v) is 3.57. The molecule has 1 fully saturated rings. The molecule has 0 atom stereocenters. The molecule has 0 spiro atoms. The van der Waals surface area contributed by atoms with Crippen LogP contribution in [0.15, 0.2) is 18.2 Å². The Hall–Kier alpha value is -2.68. The lowest BCUT2D eigenvalue weighted by Gasteiger charge is -2.28. The summed E-state index contributed by atoms with van der Waals surface area (Å²) in [5.41, 5.74) is 0.467. The van der Waals surface area contributed by atoms with Crippen LogP contribution in [-0.2, 0) is 9.53 Å². The number of likely N-dealkylation sites (N-methyl/N-ethyl adjacent to an activating group) is 1. The fourth-order valence-corrected chi connectivity index (χ4v) is 2.40. The van der Waals surface area contributed by atoms with Crippen LogP contribution in [0, 0.1) is 10.1 Å². The predicted octanol–water partition coefficient (Wildman–Crippen LogP) is 0.297. The first-order valence-corrected chi connectivity index (χ1v) is 7.69. The minimum absolute atomic E-state index is 0.137. The van der Waals surface area contributed by atoms with E-state index in [1.165, 1.54) is 12.1 Å². The van der Waals surface area contributed by atoms with E-state index in [2.05, 4.69) is 10.6 Å². The molecule has 9 nitrogen and oxygen atoms in total. The highest BCUT2D eigenvalue weighted by Crippen LogP contribution is 2.29.